The molecule has 1 amide bonds. The number of nitrogens with one attached hydrogen (secondary N) is 1. The van der Waals surface area contributed by atoms with Crippen LogP contribution in [0.4, 0.5) is 5.69 Å². The molecule has 0 aliphatic carbocycles. The Morgan fingerprint density at radius 1 is 1.36 bits per heavy atom. The van der Waals surface area contributed by atoms with Gasteiger partial charge >= 0.3 is 5.97 Å². The first-order chi connectivity index (χ1) is 10.6. The van der Waals surface area contributed by atoms with Crippen LogP contribution in [-0.4, -0.2) is 43.0 Å². The molecule has 0 spiro atoms. The molecule has 5 nitrogen and oxygen atoms in total. The maximum absolute atomic E-state index is 12.1. The summed E-state index contributed by atoms with van der Waals surface area (Å²) < 4.78 is 5.06. The average Bonchev–Trinajstić information content (AvgIpc) is 2.50. The molecule has 1 aromatic carbocycles. The fourth-order valence-electron chi connectivity index (χ4n) is 2.59. The van der Waals surface area contributed by atoms with Gasteiger partial charge in [-0.05, 0) is 50.6 Å². The molecule has 1 saturated heterocycles. The number of halogens is 1. The monoisotopic (exact) mass is 324 g/mol. The molecule has 1 aromatic rings. The van der Waals surface area contributed by atoms with E-state index >= 15 is 0 Å². The van der Waals surface area contributed by atoms with Crippen LogP contribution in [0.3, 0.4) is 0 Å². The van der Waals surface area contributed by atoms with Gasteiger partial charge in [-0.25, -0.2) is 0 Å². The zero-order valence-electron chi connectivity index (χ0n) is 12.7. The highest BCUT2D eigenvalue weighted by atomic mass is 35.5. The predicted molar refractivity (Wildman–Crippen MR) is 85.9 cm³/mol. The number of likely N-dealkylation sites (tertiary alicyclic amines) is 1. The van der Waals surface area contributed by atoms with Crippen LogP contribution in [0.1, 0.15) is 19.8 Å². The molecule has 1 aliphatic rings. The van der Waals surface area contributed by atoms with Crippen molar-refractivity contribution in [3.05, 3.63) is 29.3 Å². The number of carbonyl (C=O) groups excluding carboxylic acids is 2. The predicted octanol–water partition coefficient (Wildman–Crippen LogP) is 2.55. The van der Waals surface area contributed by atoms with Crippen molar-refractivity contribution in [1.29, 1.82) is 0 Å². The largest absolute Gasteiger partial charge is 0.466 e. The van der Waals surface area contributed by atoms with E-state index < -0.39 is 0 Å². The van der Waals surface area contributed by atoms with Crippen molar-refractivity contribution in [2.75, 3.05) is 31.6 Å². The Labute approximate surface area is 135 Å². The van der Waals surface area contributed by atoms with Crippen LogP contribution in [0.2, 0.25) is 5.02 Å². The number of ether oxygens (including phenoxy) is 1. The second-order valence-corrected chi connectivity index (χ2v) is 5.82. The second kappa shape index (κ2) is 8.15. The lowest BCUT2D eigenvalue weighted by atomic mass is 9.98. The Bertz CT molecular complexity index is 519. The maximum atomic E-state index is 12.1. The molecule has 2 rings (SSSR count). The number of amides is 1. The highest BCUT2D eigenvalue weighted by Gasteiger charge is 2.27. The molecule has 1 aliphatic heterocycles. The lowest BCUT2D eigenvalue weighted by molar-refractivity contribution is -0.150. The van der Waals surface area contributed by atoms with Gasteiger partial charge in [-0.1, -0.05) is 11.6 Å². The zero-order chi connectivity index (χ0) is 15.9. The van der Waals surface area contributed by atoms with Crippen LogP contribution in [0.5, 0.6) is 0 Å². The minimum Gasteiger partial charge on any atom is -0.466 e. The number of rotatable bonds is 5. The van der Waals surface area contributed by atoms with Gasteiger partial charge in [-0.3, -0.25) is 14.5 Å². The van der Waals surface area contributed by atoms with Crippen molar-refractivity contribution >= 4 is 29.2 Å². The lowest BCUT2D eigenvalue weighted by Crippen LogP contribution is -2.43. The van der Waals surface area contributed by atoms with E-state index in [2.05, 4.69) is 5.32 Å². The van der Waals surface area contributed by atoms with E-state index in [1.165, 1.54) is 0 Å². The number of piperidine rings is 1. The van der Waals surface area contributed by atoms with E-state index in [1.54, 1.807) is 31.2 Å². The second-order valence-electron chi connectivity index (χ2n) is 5.38. The Morgan fingerprint density at radius 3 is 2.77 bits per heavy atom. The first kappa shape index (κ1) is 16.8. The Balaban J connectivity index is 1.83. The quantitative estimate of drug-likeness (QED) is 0.846. The summed E-state index contributed by atoms with van der Waals surface area (Å²) in [5, 5.41) is 3.46. The minimum atomic E-state index is -0.162. The number of esters is 1. The Hall–Kier alpha value is -1.59. The fraction of sp³-hybridized carbons (Fsp3) is 0.500. The standard InChI is InChI=1S/C16H21ClN2O3/c1-2-22-16(21)12-4-3-9-19(10-12)11-15(20)18-14-7-5-13(17)6-8-14/h5-8,12H,2-4,9-11H2,1H3,(H,18,20)/t12-/m0/s1. The molecule has 1 fully saturated rings. The van der Waals surface area contributed by atoms with Gasteiger partial charge in [0, 0.05) is 17.3 Å². The summed E-state index contributed by atoms with van der Waals surface area (Å²) in [4.78, 5) is 25.9. The Morgan fingerprint density at radius 2 is 2.09 bits per heavy atom. The minimum absolute atomic E-state index is 0.0909. The number of hydrogen-bond donors (Lipinski definition) is 1. The molecule has 1 heterocycles. The van der Waals surface area contributed by atoms with Gasteiger partial charge in [0.1, 0.15) is 0 Å². The third-order valence-electron chi connectivity index (χ3n) is 3.62. The summed E-state index contributed by atoms with van der Waals surface area (Å²) in [6, 6.07) is 6.99. The number of nitrogens with zero attached hydrogens (tertiary/aromatic N) is 1. The molecule has 6 heteroatoms. The van der Waals surface area contributed by atoms with E-state index in [4.69, 9.17) is 16.3 Å². The van der Waals surface area contributed by atoms with E-state index in [-0.39, 0.29) is 24.3 Å². The maximum Gasteiger partial charge on any atom is 0.310 e. The summed E-state index contributed by atoms with van der Waals surface area (Å²) in [6.45, 7) is 3.87. The summed E-state index contributed by atoms with van der Waals surface area (Å²) in [7, 11) is 0. The number of benzene rings is 1. The highest BCUT2D eigenvalue weighted by Crippen LogP contribution is 2.18. The molecule has 0 radical (unpaired) electrons. The van der Waals surface area contributed by atoms with Crippen molar-refractivity contribution < 1.29 is 14.3 Å². The number of anilines is 1. The highest BCUT2D eigenvalue weighted by molar-refractivity contribution is 6.30. The van der Waals surface area contributed by atoms with E-state index in [9.17, 15) is 9.59 Å². The summed E-state index contributed by atoms with van der Waals surface area (Å²) in [6.07, 6.45) is 1.73. The van der Waals surface area contributed by atoms with Gasteiger partial charge in [0.15, 0.2) is 0 Å². The van der Waals surface area contributed by atoms with Crippen LogP contribution in [0, 0.1) is 5.92 Å². The third kappa shape index (κ3) is 5.00. The molecule has 22 heavy (non-hydrogen) atoms. The fourth-order valence-corrected chi connectivity index (χ4v) is 2.71. The summed E-state index contributed by atoms with van der Waals surface area (Å²) in [5.41, 5.74) is 0.716. The lowest BCUT2D eigenvalue weighted by Gasteiger charge is -2.30. The van der Waals surface area contributed by atoms with Crippen LogP contribution in [0.15, 0.2) is 24.3 Å². The van der Waals surface area contributed by atoms with Gasteiger partial charge < -0.3 is 10.1 Å². The molecule has 0 aromatic heterocycles. The molecule has 0 unspecified atom stereocenters. The van der Waals surface area contributed by atoms with E-state index in [1.807, 2.05) is 4.90 Å². The van der Waals surface area contributed by atoms with E-state index in [0.717, 1.165) is 19.4 Å². The first-order valence-electron chi connectivity index (χ1n) is 7.53. The normalized spacial score (nSPS) is 18.7. The molecule has 1 atom stereocenters. The SMILES string of the molecule is CCOC(=O)[C@H]1CCCN(CC(=O)Nc2ccc(Cl)cc2)C1. The van der Waals surface area contributed by atoms with Gasteiger partial charge in [-0.15, -0.1) is 0 Å². The first-order valence-corrected chi connectivity index (χ1v) is 7.90. The van der Waals surface area contributed by atoms with Crippen molar-refractivity contribution in [2.24, 2.45) is 5.92 Å². The topological polar surface area (TPSA) is 58.6 Å². The molecule has 120 valence electrons. The van der Waals surface area contributed by atoms with Crippen LogP contribution >= 0.6 is 11.6 Å². The average molecular weight is 325 g/mol. The van der Waals surface area contributed by atoms with Crippen molar-refractivity contribution in [3.8, 4) is 0 Å². The van der Waals surface area contributed by atoms with Gasteiger partial charge in [-0.2, -0.15) is 0 Å². The number of carbonyl (C=O) groups is 2. The van der Waals surface area contributed by atoms with Crippen molar-refractivity contribution in [3.63, 3.8) is 0 Å². The van der Waals surface area contributed by atoms with Crippen LogP contribution in [0.25, 0.3) is 0 Å². The Kier molecular flexibility index (Phi) is 6.21. The molecule has 0 bridgehead atoms. The van der Waals surface area contributed by atoms with Crippen molar-refractivity contribution in [1.82, 2.24) is 4.90 Å². The smallest absolute Gasteiger partial charge is 0.310 e. The van der Waals surface area contributed by atoms with Crippen molar-refractivity contribution in [2.45, 2.75) is 19.8 Å². The van der Waals surface area contributed by atoms with Crippen LogP contribution < -0.4 is 5.32 Å². The summed E-state index contributed by atoms with van der Waals surface area (Å²) >= 11 is 5.81. The van der Waals surface area contributed by atoms with Gasteiger partial charge in [0.2, 0.25) is 5.91 Å². The van der Waals surface area contributed by atoms with Gasteiger partial charge in [0.25, 0.3) is 0 Å². The molecule has 0 saturated carbocycles. The number of hydrogen-bond acceptors (Lipinski definition) is 4. The third-order valence-corrected chi connectivity index (χ3v) is 3.87. The van der Waals surface area contributed by atoms with E-state index in [0.29, 0.717) is 23.9 Å². The molecule has 1 N–H and O–H groups in total. The molecular weight excluding hydrogens is 304 g/mol. The molecular formula is C16H21ClN2O3. The van der Waals surface area contributed by atoms with Gasteiger partial charge in [0.05, 0.1) is 19.1 Å². The summed E-state index contributed by atoms with van der Waals surface area (Å²) in [5.74, 6) is -0.380. The van der Waals surface area contributed by atoms with Crippen LogP contribution in [-0.2, 0) is 14.3 Å². The zero-order valence-corrected chi connectivity index (χ0v) is 13.4.